The van der Waals surface area contributed by atoms with Gasteiger partial charge in [0.2, 0.25) is 0 Å². The van der Waals surface area contributed by atoms with Crippen molar-refractivity contribution in [3.05, 3.63) is 59.9 Å². The zero-order valence-electron chi connectivity index (χ0n) is 15.3. The van der Waals surface area contributed by atoms with E-state index in [1.807, 2.05) is 38.1 Å². The Balaban J connectivity index is 1.75. The molecule has 2 aromatic carbocycles. The largest absolute Gasteiger partial charge is 0.494 e. The van der Waals surface area contributed by atoms with Gasteiger partial charge in [-0.3, -0.25) is 4.79 Å². The molecule has 5 heteroatoms. The average molecular weight is 359 g/mol. The van der Waals surface area contributed by atoms with Crippen LogP contribution >= 0.6 is 0 Å². The predicted octanol–water partition coefficient (Wildman–Crippen LogP) is 4.13. The highest BCUT2D eigenvalue weighted by atomic mass is 19.1. The van der Waals surface area contributed by atoms with Crippen molar-refractivity contribution in [2.75, 3.05) is 13.2 Å². The molecular formula is C21H26FNO3. The van der Waals surface area contributed by atoms with E-state index in [1.54, 1.807) is 12.1 Å². The molecule has 0 aliphatic rings. The van der Waals surface area contributed by atoms with E-state index in [4.69, 9.17) is 9.47 Å². The van der Waals surface area contributed by atoms with E-state index in [-0.39, 0.29) is 11.7 Å². The summed E-state index contributed by atoms with van der Waals surface area (Å²) in [6, 6.07) is 14.1. The standard InChI is InChI=1S/C21H26FNO3/c1-3-19(26-20-10-6-5-9-18(20)22)21(24)23-15-7-8-16-11-13-17(14-12-16)25-4-2/h5-6,9-14,19H,3-4,7-8,15H2,1-2H3,(H,23,24)/t19-/m0/s1. The highest BCUT2D eigenvalue weighted by Crippen LogP contribution is 2.18. The number of ether oxygens (including phenoxy) is 2. The number of carbonyl (C=O) groups excluding carboxylic acids is 1. The third-order valence-electron chi connectivity index (χ3n) is 3.94. The molecule has 0 aromatic heterocycles. The summed E-state index contributed by atoms with van der Waals surface area (Å²) >= 11 is 0. The van der Waals surface area contributed by atoms with Gasteiger partial charge in [0.15, 0.2) is 17.7 Å². The lowest BCUT2D eigenvalue weighted by Gasteiger charge is -2.17. The Bertz CT molecular complexity index is 688. The Kier molecular flexibility index (Phi) is 7.93. The Morgan fingerprint density at radius 3 is 2.50 bits per heavy atom. The Morgan fingerprint density at radius 2 is 1.85 bits per heavy atom. The number of hydrogen-bond donors (Lipinski definition) is 1. The van der Waals surface area contributed by atoms with Gasteiger partial charge in [-0.05, 0) is 56.0 Å². The molecule has 2 rings (SSSR count). The minimum Gasteiger partial charge on any atom is -0.494 e. The molecular weight excluding hydrogens is 333 g/mol. The Morgan fingerprint density at radius 1 is 1.12 bits per heavy atom. The molecule has 0 heterocycles. The number of halogens is 1. The number of amides is 1. The second-order valence-corrected chi connectivity index (χ2v) is 5.92. The normalized spacial score (nSPS) is 11.7. The number of benzene rings is 2. The topological polar surface area (TPSA) is 47.6 Å². The summed E-state index contributed by atoms with van der Waals surface area (Å²) in [6.45, 7) is 4.99. The first-order valence-electron chi connectivity index (χ1n) is 9.04. The molecule has 1 amide bonds. The lowest BCUT2D eigenvalue weighted by Crippen LogP contribution is -2.38. The molecule has 1 atom stereocenters. The molecule has 0 bridgehead atoms. The van der Waals surface area contributed by atoms with E-state index in [0.29, 0.717) is 19.6 Å². The number of para-hydroxylation sites is 1. The van der Waals surface area contributed by atoms with Crippen LogP contribution in [0.25, 0.3) is 0 Å². The summed E-state index contributed by atoms with van der Waals surface area (Å²) in [5, 5.41) is 2.86. The van der Waals surface area contributed by atoms with Crippen LogP contribution in [-0.4, -0.2) is 25.2 Å². The van der Waals surface area contributed by atoms with E-state index in [0.717, 1.165) is 18.6 Å². The van der Waals surface area contributed by atoms with Crippen LogP contribution < -0.4 is 14.8 Å². The van der Waals surface area contributed by atoms with Gasteiger partial charge in [-0.1, -0.05) is 31.2 Å². The molecule has 0 radical (unpaired) electrons. The first-order valence-corrected chi connectivity index (χ1v) is 9.04. The van der Waals surface area contributed by atoms with Gasteiger partial charge in [0.05, 0.1) is 6.61 Å². The fourth-order valence-electron chi connectivity index (χ4n) is 2.55. The van der Waals surface area contributed by atoms with Crippen LogP contribution in [0.2, 0.25) is 0 Å². The molecule has 0 saturated carbocycles. The van der Waals surface area contributed by atoms with Crippen LogP contribution in [-0.2, 0) is 11.2 Å². The van der Waals surface area contributed by atoms with E-state index in [9.17, 15) is 9.18 Å². The number of aryl methyl sites for hydroxylation is 1. The van der Waals surface area contributed by atoms with Crippen molar-refractivity contribution in [2.45, 2.75) is 39.2 Å². The van der Waals surface area contributed by atoms with Crippen molar-refractivity contribution in [2.24, 2.45) is 0 Å². The van der Waals surface area contributed by atoms with E-state index in [1.165, 1.54) is 17.7 Å². The van der Waals surface area contributed by atoms with Crippen LogP contribution in [0.15, 0.2) is 48.5 Å². The Labute approximate surface area is 154 Å². The van der Waals surface area contributed by atoms with Crippen LogP contribution in [0.3, 0.4) is 0 Å². The van der Waals surface area contributed by atoms with E-state index < -0.39 is 11.9 Å². The van der Waals surface area contributed by atoms with Crippen molar-refractivity contribution < 1.29 is 18.7 Å². The monoisotopic (exact) mass is 359 g/mol. The molecule has 26 heavy (non-hydrogen) atoms. The van der Waals surface area contributed by atoms with Crippen LogP contribution in [0.5, 0.6) is 11.5 Å². The molecule has 0 unspecified atom stereocenters. The first kappa shape index (κ1) is 19.8. The fraction of sp³-hybridized carbons (Fsp3) is 0.381. The lowest BCUT2D eigenvalue weighted by molar-refractivity contribution is -0.128. The van der Waals surface area contributed by atoms with Gasteiger partial charge in [0, 0.05) is 6.54 Å². The zero-order chi connectivity index (χ0) is 18.8. The lowest BCUT2D eigenvalue weighted by atomic mass is 10.1. The van der Waals surface area contributed by atoms with Crippen molar-refractivity contribution in [1.82, 2.24) is 5.32 Å². The molecule has 0 spiro atoms. The van der Waals surface area contributed by atoms with Gasteiger partial charge in [0.1, 0.15) is 5.75 Å². The number of hydrogen-bond acceptors (Lipinski definition) is 3. The first-order chi connectivity index (χ1) is 12.6. The van der Waals surface area contributed by atoms with E-state index >= 15 is 0 Å². The maximum absolute atomic E-state index is 13.7. The highest BCUT2D eigenvalue weighted by molar-refractivity contribution is 5.81. The second-order valence-electron chi connectivity index (χ2n) is 5.92. The minimum atomic E-state index is -0.697. The summed E-state index contributed by atoms with van der Waals surface area (Å²) in [4.78, 5) is 12.2. The van der Waals surface area contributed by atoms with Gasteiger partial charge >= 0.3 is 0 Å². The smallest absolute Gasteiger partial charge is 0.261 e. The third-order valence-corrected chi connectivity index (χ3v) is 3.94. The average Bonchev–Trinajstić information content (AvgIpc) is 2.66. The summed E-state index contributed by atoms with van der Waals surface area (Å²) in [5.74, 6) is 0.279. The summed E-state index contributed by atoms with van der Waals surface area (Å²) < 4.78 is 24.6. The molecule has 0 saturated heterocycles. The molecule has 2 aromatic rings. The molecule has 4 nitrogen and oxygen atoms in total. The van der Waals surface area contributed by atoms with Gasteiger partial charge < -0.3 is 14.8 Å². The molecule has 0 aliphatic carbocycles. The number of nitrogens with one attached hydrogen (secondary N) is 1. The van der Waals surface area contributed by atoms with E-state index in [2.05, 4.69) is 5.32 Å². The molecule has 0 aliphatic heterocycles. The quantitative estimate of drug-likeness (QED) is 0.649. The predicted molar refractivity (Wildman–Crippen MR) is 100 cm³/mol. The fourth-order valence-corrected chi connectivity index (χ4v) is 2.55. The second kappa shape index (κ2) is 10.4. The number of carbonyl (C=O) groups is 1. The maximum atomic E-state index is 13.7. The molecule has 0 fully saturated rings. The van der Waals surface area contributed by atoms with Crippen molar-refractivity contribution in [1.29, 1.82) is 0 Å². The van der Waals surface area contributed by atoms with Crippen LogP contribution in [0.4, 0.5) is 4.39 Å². The van der Waals surface area contributed by atoms with Crippen LogP contribution in [0, 0.1) is 5.82 Å². The maximum Gasteiger partial charge on any atom is 0.261 e. The minimum absolute atomic E-state index is 0.101. The van der Waals surface area contributed by atoms with Gasteiger partial charge in [-0.2, -0.15) is 0 Å². The van der Waals surface area contributed by atoms with Crippen molar-refractivity contribution >= 4 is 5.91 Å². The third kappa shape index (κ3) is 6.06. The summed E-state index contributed by atoms with van der Waals surface area (Å²) in [5.41, 5.74) is 1.19. The van der Waals surface area contributed by atoms with Crippen molar-refractivity contribution in [3.8, 4) is 11.5 Å². The molecule has 140 valence electrons. The summed E-state index contributed by atoms with van der Waals surface area (Å²) in [7, 11) is 0. The Hall–Kier alpha value is -2.56. The molecule has 1 N–H and O–H groups in total. The number of rotatable bonds is 10. The SMILES string of the molecule is CCOc1ccc(CCCNC(=O)[C@H](CC)Oc2ccccc2F)cc1. The van der Waals surface area contributed by atoms with Gasteiger partial charge in [-0.15, -0.1) is 0 Å². The van der Waals surface area contributed by atoms with Gasteiger partial charge in [-0.25, -0.2) is 4.39 Å². The highest BCUT2D eigenvalue weighted by Gasteiger charge is 2.19. The van der Waals surface area contributed by atoms with Crippen LogP contribution in [0.1, 0.15) is 32.3 Å². The van der Waals surface area contributed by atoms with Crippen molar-refractivity contribution in [3.63, 3.8) is 0 Å². The summed E-state index contributed by atoms with van der Waals surface area (Å²) in [6.07, 6.45) is 1.45. The zero-order valence-corrected chi connectivity index (χ0v) is 15.3. The van der Waals surface area contributed by atoms with Gasteiger partial charge in [0.25, 0.3) is 5.91 Å².